The molecule has 0 nitrogen and oxygen atoms in total. The van der Waals surface area contributed by atoms with Crippen LogP contribution in [-0.4, -0.2) is 21.5 Å². The third kappa shape index (κ3) is 53.6. The second-order valence-electron chi connectivity index (χ2n) is 0.955. The highest BCUT2D eigenvalue weighted by Crippen LogP contribution is 1.75. The molecule has 0 amide bonds. The maximum absolute atomic E-state index is 9.76. The molecule has 0 aliphatic rings. The first-order valence-electron chi connectivity index (χ1n) is 2.24. The molecular weight excluding hydrogens is 110 g/mol. The normalized spacial score (nSPS) is 5.71. The molecule has 0 aromatic heterocycles. The zero-order valence-corrected chi connectivity index (χ0v) is 6.00. The van der Waals surface area contributed by atoms with E-state index in [4.69, 9.17) is 0 Å². The van der Waals surface area contributed by atoms with E-state index in [0.717, 1.165) is 6.42 Å². The lowest BCUT2D eigenvalue weighted by molar-refractivity contribution is 0.712. The van der Waals surface area contributed by atoms with Crippen LogP contribution in [0, 0.1) is 6.92 Å². The van der Waals surface area contributed by atoms with Gasteiger partial charge in [0.2, 0.25) is 0 Å². The molecule has 7 heavy (non-hydrogen) atoms. The Labute approximate surface area is 54.5 Å². The largest absolute Gasteiger partial charge is 0.879 e. The van der Waals surface area contributed by atoms with Gasteiger partial charge in [0.25, 0.3) is 0 Å². The van der Waals surface area contributed by atoms with Crippen LogP contribution >= 0.6 is 0 Å². The van der Waals surface area contributed by atoms with Crippen molar-refractivity contribution in [3.63, 3.8) is 0 Å². The van der Waals surface area contributed by atoms with Crippen LogP contribution in [-0.2, 0) is 0 Å². The highest BCUT2D eigenvalue weighted by molar-refractivity contribution is 6.15. The van der Waals surface area contributed by atoms with Crippen LogP contribution in [0.15, 0.2) is 0 Å². The van der Waals surface area contributed by atoms with E-state index in [0.29, 0.717) is 0 Å². The Hall–Kier alpha value is 0.626. The van der Waals surface area contributed by atoms with Gasteiger partial charge in [-0.15, -0.1) is 0 Å². The van der Waals surface area contributed by atoms with E-state index in [9.17, 15) is 5.91 Å². The van der Waals surface area contributed by atoms with Crippen LogP contribution in [0.5, 0.6) is 0 Å². The van der Waals surface area contributed by atoms with Crippen molar-refractivity contribution in [2.75, 3.05) is 0 Å². The molecule has 0 aliphatic carbocycles. The van der Waals surface area contributed by atoms with Gasteiger partial charge >= 0.3 is 21.5 Å². The topological polar surface area (TPSA) is 0 Å². The molecule has 0 aliphatic heterocycles. The monoisotopic (exact) mass is 119 g/mol. The summed E-state index contributed by atoms with van der Waals surface area (Å²) in [5, 5.41) is 0. The van der Waals surface area contributed by atoms with Gasteiger partial charge in [-0.2, -0.15) is 0 Å². The minimum atomic E-state index is -2.58. The summed E-state index contributed by atoms with van der Waals surface area (Å²) in [5.74, 6) is 0. The summed E-state index contributed by atoms with van der Waals surface area (Å²) < 4.78 is 19.5. The molecule has 41 valence electrons. The van der Waals surface area contributed by atoms with Gasteiger partial charge in [-0.3, -0.25) is 0 Å². The fourth-order valence-corrected chi connectivity index (χ4v) is 0. The Morgan fingerprint density at radius 3 is 1.71 bits per heavy atom. The summed E-state index contributed by atoms with van der Waals surface area (Å²) >= 11 is -2.58. The summed E-state index contributed by atoms with van der Waals surface area (Å²) in [6, 6.07) is 0. The highest BCUT2D eigenvalue weighted by Gasteiger charge is 1.78. The summed E-state index contributed by atoms with van der Waals surface area (Å²) in [7, 11) is 0. The van der Waals surface area contributed by atoms with Gasteiger partial charge in [-0.1, -0.05) is 26.7 Å². The van der Waals surface area contributed by atoms with Crippen LogP contribution in [0.1, 0.15) is 19.8 Å². The zero-order chi connectivity index (χ0) is 6.12. The smallest absolute Gasteiger partial charge is 0.440 e. The fraction of sp³-hybridized carbons (Fsp3) is 0.750. The molecule has 0 spiro atoms. The third-order valence-electron chi connectivity index (χ3n) is 0.354. The Kier molecular flexibility index (Phi) is 24.1. The van der Waals surface area contributed by atoms with Gasteiger partial charge in [0.05, 0.1) is 0 Å². The number of unbranched alkanes of at least 4 members (excludes halogenated alkanes) is 1. The Balaban J connectivity index is 0. The zero-order valence-electron chi connectivity index (χ0n) is 4.58. The van der Waals surface area contributed by atoms with Crippen molar-refractivity contribution in [1.29, 1.82) is 0 Å². The lowest BCUT2D eigenvalue weighted by Crippen LogP contribution is -1.48. The van der Waals surface area contributed by atoms with E-state index >= 15 is 0 Å². The molecule has 3 heteroatoms. The highest BCUT2D eigenvalue weighted by atomic mass is 24.7. The van der Waals surface area contributed by atoms with Crippen LogP contribution in [0.3, 0.4) is 0 Å². The average molecular weight is 119 g/mol. The molecule has 0 aromatic carbocycles. The number of hydrogen-bond donors (Lipinski definition) is 0. The Morgan fingerprint density at radius 2 is 1.71 bits per heavy atom. The first-order valence-corrected chi connectivity index (χ1v) is 3.31. The van der Waals surface area contributed by atoms with E-state index in [1.165, 1.54) is 6.42 Å². The summed E-state index contributed by atoms with van der Waals surface area (Å²) in [6.45, 7) is 5.72. The predicted octanol–water partition coefficient (Wildman–Crippen LogP) is 2.08. The van der Waals surface area contributed by atoms with E-state index in [2.05, 4.69) is 13.8 Å². The minimum Gasteiger partial charge on any atom is -0.440 e. The van der Waals surface area contributed by atoms with Gasteiger partial charge in [0.1, 0.15) is 0 Å². The first kappa shape index (κ1) is 10.6. The van der Waals surface area contributed by atoms with E-state index in [-0.39, 0.29) is 0 Å². The molecule has 1 radical (unpaired) electrons. The lowest BCUT2D eigenvalue weighted by Gasteiger charge is -1.67. The molecule has 0 heterocycles. The van der Waals surface area contributed by atoms with Crippen molar-refractivity contribution in [3.8, 4) is 0 Å². The number of rotatable bonds is 1. The van der Waals surface area contributed by atoms with E-state index < -0.39 is 21.5 Å². The average Bonchev–Trinajstić information content (AvgIpc) is 1.69. The SMILES string of the molecule is [CH2]CCC.[F][Mg][F]. The second kappa shape index (κ2) is 16.0. The summed E-state index contributed by atoms with van der Waals surface area (Å²) in [4.78, 5) is 0. The lowest BCUT2D eigenvalue weighted by atomic mass is 10.4. The molecule has 0 fully saturated rings. The van der Waals surface area contributed by atoms with Crippen molar-refractivity contribution in [1.82, 2.24) is 0 Å². The van der Waals surface area contributed by atoms with Gasteiger partial charge in [-0.25, -0.2) is 0 Å². The van der Waals surface area contributed by atoms with Gasteiger partial charge in [0, 0.05) is 0 Å². The van der Waals surface area contributed by atoms with Crippen molar-refractivity contribution in [2.24, 2.45) is 0 Å². The van der Waals surface area contributed by atoms with Crippen LogP contribution in [0.4, 0.5) is 5.91 Å². The third-order valence-corrected chi connectivity index (χ3v) is 0.354. The van der Waals surface area contributed by atoms with E-state index in [1.54, 1.807) is 0 Å². The molecule has 0 unspecified atom stereocenters. The summed E-state index contributed by atoms with van der Waals surface area (Å²) in [5.41, 5.74) is 0. The minimum absolute atomic E-state index is 1.07. The van der Waals surface area contributed by atoms with Crippen LogP contribution in [0.2, 0.25) is 0 Å². The first-order chi connectivity index (χ1) is 3.33. The molecule has 0 saturated carbocycles. The Bertz CT molecular complexity index is 17.2. The Morgan fingerprint density at radius 1 is 1.57 bits per heavy atom. The van der Waals surface area contributed by atoms with Crippen molar-refractivity contribution in [2.45, 2.75) is 19.8 Å². The van der Waals surface area contributed by atoms with Crippen LogP contribution < -0.4 is 0 Å². The predicted molar refractivity (Wildman–Crippen MR) is 28.2 cm³/mol. The van der Waals surface area contributed by atoms with Crippen molar-refractivity contribution in [3.05, 3.63) is 6.92 Å². The number of hydrogen-bond acceptors (Lipinski definition) is 0. The van der Waals surface area contributed by atoms with Gasteiger partial charge < -0.3 is 5.91 Å². The molecule has 0 saturated heterocycles. The molecular formula is C4H9F2Mg. The second-order valence-corrected chi connectivity index (χ2v) is 1.16. The van der Waals surface area contributed by atoms with Crippen molar-refractivity contribution >= 4 is 21.5 Å². The quantitative estimate of drug-likeness (QED) is 0.464. The molecule has 0 aromatic rings. The number of halogens is 2. The standard InChI is InChI=1S/C4H9.2FH.Mg/c1-3-4-2;;;/h1,3-4H2,2H3;2*1H;/q;;;+2/p-2. The summed E-state index contributed by atoms with van der Waals surface area (Å²) in [6.07, 6.45) is 2.28. The molecule has 0 bridgehead atoms. The van der Waals surface area contributed by atoms with Crippen LogP contribution in [0.25, 0.3) is 0 Å². The molecule has 0 atom stereocenters. The van der Waals surface area contributed by atoms with Crippen molar-refractivity contribution < 1.29 is 5.91 Å². The molecule has 0 N–H and O–H groups in total. The fourth-order valence-electron chi connectivity index (χ4n) is 0. The maximum Gasteiger partial charge on any atom is 0.879 e. The maximum atomic E-state index is 9.76. The molecule has 0 rings (SSSR count). The van der Waals surface area contributed by atoms with E-state index in [1.807, 2.05) is 0 Å². The van der Waals surface area contributed by atoms with Gasteiger partial charge in [0.15, 0.2) is 0 Å². The van der Waals surface area contributed by atoms with Gasteiger partial charge in [-0.05, 0) is 0 Å².